The number of rotatable bonds is 8. The first-order valence-corrected chi connectivity index (χ1v) is 6.65. The monoisotopic (exact) mass is 266 g/mol. The van der Waals surface area contributed by atoms with Crippen LogP contribution < -0.4 is 4.74 Å². The van der Waals surface area contributed by atoms with Gasteiger partial charge in [0.1, 0.15) is 12.4 Å². The van der Waals surface area contributed by atoms with Gasteiger partial charge in [0, 0.05) is 6.42 Å². The first-order chi connectivity index (χ1) is 9.02. The summed E-state index contributed by atoms with van der Waals surface area (Å²) in [5.41, 5.74) is 2.31. The highest BCUT2D eigenvalue weighted by Crippen LogP contribution is 2.20. The normalized spacial score (nSPS) is 12.2. The second-order valence-electron chi connectivity index (χ2n) is 4.75. The minimum atomic E-state index is -0.904. The molecule has 2 N–H and O–H groups in total. The zero-order valence-electron chi connectivity index (χ0n) is 11.6. The fourth-order valence-corrected chi connectivity index (χ4v) is 1.88. The van der Waals surface area contributed by atoms with Crippen LogP contribution in [0.4, 0.5) is 0 Å². The number of carboxylic acids is 1. The molecule has 0 saturated heterocycles. The molecule has 19 heavy (non-hydrogen) atoms. The van der Waals surface area contributed by atoms with Crippen LogP contribution in [0.15, 0.2) is 18.2 Å². The molecule has 0 bridgehead atoms. The summed E-state index contributed by atoms with van der Waals surface area (Å²) in [6.07, 6.45) is 1.57. The van der Waals surface area contributed by atoms with E-state index in [1.165, 1.54) is 5.56 Å². The van der Waals surface area contributed by atoms with Crippen molar-refractivity contribution < 1.29 is 19.7 Å². The van der Waals surface area contributed by atoms with Crippen LogP contribution in [0.5, 0.6) is 5.75 Å². The summed E-state index contributed by atoms with van der Waals surface area (Å²) in [7, 11) is 0. The van der Waals surface area contributed by atoms with E-state index in [4.69, 9.17) is 9.84 Å². The first kappa shape index (κ1) is 15.5. The van der Waals surface area contributed by atoms with Crippen molar-refractivity contribution in [2.45, 2.75) is 45.6 Å². The molecule has 0 heterocycles. The Hall–Kier alpha value is -1.55. The summed E-state index contributed by atoms with van der Waals surface area (Å²) < 4.78 is 5.52. The molecule has 0 radical (unpaired) electrons. The highest BCUT2D eigenvalue weighted by molar-refractivity contribution is 5.66. The molecule has 0 aliphatic rings. The number of aliphatic hydroxyl groups is 1. The summed E-state index contributed by atoms with van der Waals surface area (Å²) in [4.78, 5) is 10.4. The van der Waals surface area contributed by atoms with E-state index in [-0.39, 0.29) is 19.4 Å². The molecule has 0 amide bonds. The summed E-state index contributed by atoms with van der Waals surface area (Å²) in [6.45, 7) is 4.23. The quantitative estimate of drug-likeness (QED) is 0.759. The number of hydrogen-bond donors (Lipinski definition) is 2. The van der Waals surface area contributed by atoms with E-state index < -0.39 is 12.1 Å². The van der Waals surface area contributed by atoms with E-state index in [2.05, 4.69) is 13.0 Å². The van der Waals surface area contributed by atoms with Gasteiger partial charge in [0.05, 0.1) is 6.10 Å². The largest absolute Gasteiger partial charge is 0.491 e. The average Bonchev–Trinajstić information content (AvgIpc) is 2.35. The van der Waals surface area contributed by atoms with Crippen molar-refractivity contribution in [1.29, 1.82) is 0 Å². The number of hydrogen-bond acceptors (Lipinski definition) is 3. The predicted molar refractivity (Wildman–Crippen MR) is 73.5 cm³/mol. The Balaban J connectivity index is 2.46. The summed E-state index contributed by atoms with van der Waals surface area (Å²) in [5.74, 6) is -0.159. The average molecular weight is 266 g/mol. The molecule has 0 aromatic heterocycles. The molecule has 0 aliphatic heterocycles. The molecule has 0 fully saturated rings. The van der Waals surface area contributed by atoms with Crippen LogP contribution in [0.1, 0.15) is 37.3 Å². The van der Waals surface area contributed by atoms with Crippen LogP contribution in [-0.4, -0.2) is 28.9 Å². The number of carbonyl (C=O) groups is 1. The van der Waals surface area contributed by atoms with Crippen LogP contribution in [0.3, 0.4) is 0 Å². The second-order valence-corrected chi connectivity index (χ2v) is 4.75. The standard InChI is InChI=1S/C15H22O4/c1-3-4-12-5-7-14(11(2)9-12)19-10-13(16)6-8-15(17)18/h5,7,9,13,16H,3-4,6,8,10H2,1-2H3,(H,17,18)/t13-/m1/s1. The Kier molecular flexibility index (Phi) is 6.36. The number of ether oxygens (including phenoxy) is 1. The third-order valence-corrected chi connectivity index (χ3v) is 2.90. The Morgan fingerprint density at radius 3 is 2.74 bits per heavy atom. The minimum Gasteiger partial charge on any atom is -0.491 e. The van der Waals surface area contributed by atoms with Gasteiger partial charge in [0.25, 0.3) is 0 Å². The van der Waals surface area contributed by atoms with E-state index in [1.54, 1.807) is 0 Å². The maximum absolute atomic E-state index is 10.4. The number of benzene rings is 1. The third-order valence-electron chi connectivity index (χ3n) is 2.90. The molecule has 4 nitrogen and oxygen atoms in total. The van der Waals surface area contributed by atoms with Gasteiger partial charge in [-0.2, -0.15) is 0 Å². The lowest BCUT2D eigenvalue weighted by molar-refractivity contribution is -0.137. The van der Waals surface area contributed by atoms with Gasteiger partial charge in [-0.1, -0.05) is 25.5 Å². The molecule has 1 aromatic rings. The lowest BCUT2D eigenvalue weighted by Gasteiger charge is -2.14. The lowest BCUT2D eigenvalue weighted by atomic mass is 10.1. The van der Waals surface area contributed by atoms with Crippen molar-refractivity contribution in [3.8, 4) is 5.75 Å². The minimum absolute atomic E-state index is 0.0427. The fourth-order valence-electron chi connectivity index (χ4n) is 1.88. The SMILES string of the molecule is CCCc1ccc(OC[C@H](O)CCC(=O)O)c(C)c1. The molecule has 0 saturated carbocycles. The number of aliphatic hydroxyl groups excluding tert-OH is 1. The van der Waals surface area contributed by atoms with Crippen LogP contribution in [0.2, 0.25) is 0 Å². The Morgan fingerprint density at radius 1 is 1.42 bits per heavy atom. The van der Waals surface area contributed by atoms with Crippen LogP contribution in [0, 0.1) is 6.92 Å². The Labute approximate surface area is 114 Å². The highest BCUT2D eigenvalue weighted by atomic mass is 16.5. The van der Waals surface area contributed by atoms with Gasteiger partial charge >= 0.3 is 5.97 Å². The van der Waals surface area contributed by atoms with Crippen molar-refractivity contribution in [3.05, 3.63) is 29.3 Å². The van der Waals surface area contributed by atoms with Gasteiger partial charge < -0.3 is 14.9 Å². The van der Waals surface area contributed by atoms with Crippen molar-refractivity contribution >= 4 is 5.97 Å². The predicted octanol–water partition coefficient (Wildman–Crippen LogP) is 2.55. The molecule has 0 aliphatic carbocycles. The van der Waals surface area contributed by atoms with Gasteiger partial charge in [-0.3, -0.25) is 4.79 Å². The van der Waals surface area contributed by atoms with Crippen molar-refractivity contribution in [2.24, 2.45) is 0 Å². The Bertz CT molecular complexity index is 415. The zero-order chi connectivity index (χ0) is 14.3. The first-order valence-electron chi connectivity index (χ1n) is 6.65. The summed E-state index contributed by atoms with van der Waals surface area (Å²) in [6, 6.07) is 6.02. The van der Waals surface area contributed by atoms with Gasteiger partial charge in [-0.25, -0.2) is 0 Å². The fraction of sp³-hybridized carbons (Fsp3) is 0.533. The number of carboxylic acid groups (broad SMARTS) is 1. The van der Waals surface area contributed by atoms with E-state index in [9.17, 15) is 9.90 Å². The topological polar surface area (TPSA) is 66.8 Å². The van der Waals surface area contributed by atoms with Crippen molar-refractivity contribution in [2.75, 3.05) is 6.61 Å². The van der Waals surface area contributed by atoms with Crippen molar-refractivity contribution in [1.82, 2.24) is 0 Å². The van der Waals surface area contributed by atoms with Crippen LogP contribution in [0.25, 0.3) is 0 Å². The van der Waals surface area contributed by atoms with Gasteiger partial charge in [-0.05, 0) is 37.0 Å². The van der Waals surface area contributed by atoms with E-state index in [1.807, 2.05) is 19.1 Å². The molecule has 1 rings (SSSR count). The maximum Gasteiger partial charge on any atom is 0.303 e. The van der Waals surface area contributed by atoms with Gasteiger partial charge in [0.15, 0.2) is 0 Å². The summed E-state index contributed by atoms with van der Waals surface area (Å²) >= 11 is 0. The lowest BCUT2D eigenvalue weighted by Crippen LogP contribution is -2.19. The summed E-state index contributed by atoms with van der Waals surface area (Å²) in [5, 5.41) is 18.1. The zero-order valence-corrected chi connectivity index (χ0v) is 11.6. The molecule has 1 atom stereocenters. The molecule has 4 heteroatoms. The molecular formula is C15H22O4. The van der Waals surface area contributed by atoms with Gasteiger partial charge in [-0.15, -0.1) is 0 Å². The molecule has 0 spiro atoms. The van der Waals surface area contributed by atoms with Crippen molar-refractivity contribution in [3.63, 3.8) is 0 Å². The van der Waals surface area contributed by atoms with Crippen LogP contribution in [-0.2, 0) is 11.2 Å². The smallest absolute Gasteiger partial charge is 0.303 e. The van der Waals surface area contributed by atoms with E-state index in [0.717, 1.165) is 24.2 Å². The van der Waals surface area contributed by atoms with E-state index >= 15 is 0 Å². The number of aliphatic carboxylic acids is 1. The number of aryl methyl sites for hydroxylation is 2. The highest BCUT2D eigenvalue weighted by Gasteiger charge is 2.09. The Morgan fingerprint density at radius 2 is 2.16 bits per heavy atom. The van der Waals surface area contributed by atoms with Crippen LogP contribution >= 0.6 is 0 Å². The molecular weight excluding hydrogens is 244 g/mol. The van der Waals surface area contributed by atoms with E-state index in [0.29, 0.717) is 0 Å². The second kappa shape index (κ2) is 7.79. The molecule has 106 valence electrons. The molecule has 1 aromatic carbocycles. The van der Waals surface area contributed by atoms with Gasteiger partial charge in [0.2, 0.25) is 0 Å². The molecule has 0 unspecified atom stereocenters. The maximum atomic E-state index is 10.4. The third kappa shape index (κ3) is 5.75.